The van der Waals surface area contributed by atoms with Crippen LogP contribution in [0.2, 0.25) is 10.0 Å². The van der Waals surface area contributed by atoms with Gasteiger partial charge in [-0.2, -0.15) is 0 Å². The SMILES string of the molecule is COc1ccccc1CCC1=C(C(=O)O)C(c2c(Cl)cccc2Cl)C(C(=O)O)=C(CC(=O)N2CCNCC2CC(=O)C2CCNC2)N1. The summed E-state index contributed by atoms with van der Waals surface area (Å²) in [7, 11) is 1.54. The number of hydrogen-bond acceptors (Lipinski definition) is 8. The number of para-hydroxylation sites is 1. The molecule has 3 aliphatic heterocycles. The summed E-state index contributed by atoms with van der Waals surface area (Å²) < 4.78 is 5.48. The third-order valence-electron chi connectivity index (χ3n) is 9.07. The monoisotopic (exact) mass is 684 g/mol. The Labute approximate surface area is 282 Å². The van der Waals surface area contributed by atoms with Crippen LogP contribution in [0.25, 0.3) is 0 Å². The Morgan fingerprint density at radius 2 is 1.57 bits per heavy atom. The molecular formula is C34H38Cl2N4O7. The van der Waals surface area contributed by atoms with Crippen molar-refractivity contribution in [2.75, 3.05) is 39.8 Å². The first-order valence-corrected chi connectivity index (χ1v) is 16.3. The summed E-state index contributed by atoms with van der Waals surface area (Å²) in [4.78, 5) is 54.7. The highest BCUT2D eigenvalue weighted by Crippen LogP contribution is 2.45. The van der Waals surface area contributed by atoms with Crippen molar-refractivity contribution in [1.29, 1.82) is 0 Å². The molecule has 5 N–H and O–H groups in total. The first-order chi connectivity index (χ1) is 22.6. The maximum atomic E-state index is 14.0. The summed E-state index contributed by atoms with van der Waals surface area (Å²) in [6, 6.07) is 11.6. The van der Waals surface area contributed by atoms with Crippen molar-refractivity contribution in [2.45, 2.75) is 44.1 Å². The van der Waals surface area contributed by atoms with Crippen LogP contribution in [0, 0.1) is 5.92 Å². The lowest BCUT2D eigenvalue weighted by Crippen LogP contribution is -2.55. The molecule has 5 rings (SSSR count). The molecule has 250 valence electrons. The molecule has 0 aromatic heterocycles. The van der Waals surface area contributed by atoms with Crippen LogP contribution >= 0.6 is 23.2 Å². The molecule has 1 amide bonds. The molecular weight excluding hydrogens is 647 g/mol. The number of rotatable bonds is 12. The fourth-order valence-electron chi connectivity index (χ4n) is 6.75. The van der Waals surface area contributed by atoms with E-state index in [0.717, 1.165) is 18.5 Å². The van der Waals surface area contributed by atoms with Gasteiger partial charge in [-0.1, -0.05) is 47.5 Å². The topological polar surface area (TPSA) is 157 Å². The molecule has 3 unspecified atom stereocenters. The molecule has 2 fully saturated rings. The van der Waals surface area contributed by atoms with Crippen LogP contribution in [0.4, 0.5) is 0 Å². The van der Waals surface area contributed by atoms with Crippen molar-refractivity contribution < 1.29 is 34.1 Å². The molecule has 0 radical (unpaired) electrons. The number of nitrogens with one attached hydrogen (secondary N) is 3. The van der Waals surface area contributed by atoms with Crippen molar-refractivity contribution in [1.82, 2.24) is 20.9 Å². The number of amides is 1. The van der Waals surface area contributed by atoms with Gasteiger partial charge in [-0.05, 0) is 49.6 Å². The van der Waals surface area contributed by atoms with Gasteiger partial charge in [0.1, 0.15) is 11.5 Å². The maximum Gasteiger partial charge on any atom is 0.334 e. The van der Waals surface area contributed by atoms with Gasteiger partial charge < -0.3 is 35.8 Å². The van der Waals surface area contributed by atoms with E-state index in [1.54, 1.807) is 24.1 Å². The number of carboxylic acid groups (broad SMARTS) is 2. The van der Waals surface area contributed by atoms with E-state index in [4.69, 9.17) is 27.9 Å². The highest BCUT2D eigenvalue weighted by atomic mass is 35.5. The second-order valence-corrected chi connectivity index (χ2v) is 12.7. The molecule has 13 heteroatoms. The van der Waals surface area contributed by atoms with Crippen LogP contribution in [-0.2, 0) is 25.6 Å². The van der Waals surface area contributed by atoms with Crippen LogP contribution in [0.15, 0.2) is 65.0 Å². The van der Waals surface area contributed by atoms with Gasteiger partial charge in [0.05, 0.1) is 36.6 Å². The Bertz CT molecular complexity index is 1600. The van der Waals surface area contributed by atoms with E-state index in [1.165, 1.54) is 12.1 Å². The summed E-state index contributed by atoms with van der Waals surface area (Å²) >= 11 is 13.2. The number of Topliss-reactive ketones (excluding diaryl/α,β-unsaturated/α-hetero) is 1. The van der Waals surface area contributed by atoms with Crippen molar-refractivity contribution in [3.05, 3.63) is 86.2 Å². The number of hydrogen-bond donors (Lipinski definition) is 5. The van der Waals surface area contributed by atoms with E-state index in [9.17, 15) is 29.4 Å². The Kier molecular flexibility index (Phi) is 11.2. The molecule has 0 spiro atoms. The molecule has 0 aliphatic carbocycles. The van der Waals surface area contributed by atoms with Crippen molar-refractivity contribution in [2.24, 2.45) is 5.92 Å². The van der Waals surface area contributed by atoms with Gasteiger partial charge >= 0.3 is 11.9 Å². The molecule has 2 aromatic rings. The van der Waals surface area contributed by atoms with Gasteiger partial charge in [0.2, 0.25) is 5.91 Å². The van der Waals surface area contributed by atoms with E-state index >= 15 is 0 Å². The van der Waals surface area contributed by atoms with Crippen LogP contribution in [0.3, 0.4) is 0 Å². The highest BCUT2D eigenvalue weighted by Gasteiger charge is 2.42. The van der Waals surface area contributed by atoms with Crippen molar-refractivity contribution >= 4 is 46.8 Å². The Balaban J connectivity index is 1.53. The van der Waals surface area contributed by atoms with Crippen LogP contribution in [0.1, 0.15) is 42.7 Å². The number of methoxy groups -OCH3 is 1. The molecule has 2 aromatic carbocycles. The third kappa shape index (κ3) is 7.65. The number of nitrogens with zero attached hydrogens (tertiary/aromatic N) is 1. The van der Waals surface area contributed by atoms with E-state index in [-0.39, 0.29) is 75.0 Å². The molecule has 2 saturated heterocycles. The largest absolute Gasteiger partial charge is 0.496 e. The lowest BCUT2D eigenvalue weighted by molar-refractivity contribution is -0.135. The lowest BCUT2D eigenvalue weighted by atomic mass is 9.78. The first kappa shape index (κ1) is 34.4. The van der Waals surface area contributed by atoms with E-state index in [1.807, 2.05) is 18.2 Å². The van der Waals surface area contributed by atoms with Crippen LogP contribution in [-0.4, -0.2) is 84.6 Å². The first-order valence-electron chi connectivity index (χ1n) is 15.6. The Hall–Kier alpha value is -3.90. The average molecular weight is 686 g/mol. The summed E-state index contributed by atoms with van der Waals surface area (Å²) in [6.07, 6.45) is 1.10. The van der Waals surface area contributed by atoms with Gasteiger partial charge in [0, 0.05) is 65.5 Å². The minimum Gasteiger partial charge on any atom is -0.496 e. The second kappa shape index (κ2) is 15.3. The number of ether oxygens (including phenoxy) is 1. The number of dihydropyridines is 1. The minimum absolute atomic E-state index is 0.0483. The van der Waals surface area contributed by atoms with Gasteiger partial charge in [-0.25, -0.2) is 9.59 Å². The summed E-state index contributed by atoms with van der Waals surface area (Å²) in [5, 5.41) is 30.9. The smallest absolute Gasteiger partial charge is 0.334 e. The van der Waals surface area contributed by atoms with Crippen LogP contribution in [0.5, 0.6) is 5.75 Å². The number of carboxylic acids is 2. The van der Waals surface area contributed by atoms with Gasteiger partial charge in [0.25, 0.3) is 0 Å². The van der Waals surface area contributed by atoms with Crippen molar-refractivity contribution in [3.63, 3.8) is 0 Å². The number of carbonyl (C=O) groups is 4. The van der Waals surface area contributed by atoms with Gasteiger partial charge in [-0.3, -0.25) is 9.59 Å². The Morgan fingerprint density at radius 3 is 2.23 bits per heavy atom. The molecule has 3 aliphatic rings. The van der Waals surface area contributed by atoms with E-state index in [2.05, 4.69) is 16.0 Å². The zero-order chi connectivity index (χ0) is 33.7. The third-order valence-corrected chi connectivity index (χ3v) is 9.73. The molecule has 0 bridgehead atoms. The maximum absolute atomic E-state index is 14.0. The zero-order valence-corrected chi connectivity index (χ0v) is 27.5. The predicted molar refractivity (Wildman–Crippen MR) is 177 cm³/mol. The molecule has 3 heterocycles. The fraction of sp³-hybridized carbons (Fsp3) is 0.412. The summed E-state index contributed by atoms with van der Waals surface area (Å²) in [6.45, 7) is 2.69. The number of carbonyl (C=O) groups excluding carboxylic acids is 2. The minimum atomic E-state index is -1.41. The van der Waals surface area contributed by atoms with Crippen LogP contribution < -0.4 is 20.7 Å². The normalized spacial score (nSPS) is 21.4. The number of aryl methyl sites for hydroxylation is 1. The predicted octanol–water partition coefficient (Wildman–Crippen LogP) is 3.76. The number of ketones is 1. The quantitative estimate of drug-likeness (QED) is 0.223. The summed E-state index contributed by atoms with van der Waals surface area (Å²) in [5.41, 5.74) is 0.677. The molecule has 0 saturated carbocycles. The summed E-state index contributed by atoms with van der Waals surface area (Å²) in [5.74, 6) is -3.90. The van der Waals surface area contributed by atoms with Gasteiger partial charge in [-0.15, -0.1) is 0 Å². The second-order valence-electron chi connectivity index (χ2n) is 11.9. The number of halogens is 2. The Morgan fingerprint density at radius 1 is 0.894 bits per heavy atom. The van der Waals surface area contributed by atoms with E-state index < -0.39 is 23.9 Å². The molecule has 3 atom stereocenters. The number of benzene rings is 2. The average Bonchev–Trinajstić information content (AvgIpc) is 3.59. The van der Waals surface area contributed by atoms with Crippen molar-refractivity contribution in [3.8, 4) is 5.75 Å². The van der Waals surface area contributed by atoms with E-state index in [0.29, 0.717) is 38.3 Å². The number of piperazine rings is 1. The zero-order valence-electron chi connectivity index (χ0n) is 26.0. The lowest BCUT2D eigenvalue weighted by Gasteiger charge is -2.38. The molecule has 47 heavy (non-hydrogen) atoms. The number of allylic oxidation sites excluding steroid dienone is 1. The highest BCUT2D eigenvalue weighted by molar-refractivity contribution is 6.36. The standard InChI is InChI=1S/C34H38Cl2N4O7/c1-47-27-8-3-2-5-19(27)9-10-24-30(33(43)44)32(29-22(35)6-4-7-23(29)36)31(34(45)46)25(39-24)16-28(42)40-14-13-38-18-21(40)15-26(41)20-11-12-37-17-20/h2-8,20-21,32,37-39H,9-18H2,1H3,(H,43,44)(H,45,46). The van der Waals surface area contributed by atoms with Gasteiger partial charge in [0.15, 0.2) is 0 Å². The molecule has 11 nitrogen and oxygen atoms in total. The number of aliphatic carboxylic acids is 2. The fourth-order valence-corrected chi connectivity index (χ4v) is 7.36.